The smallest absolute Gasteiger partial charge is 0.390 e. The van der Waals surface area contributed by atoms with Crippen molar-refractivity contribution in [1.82, 2.24) is 0 Å². The van der Waals surface area contributed by atoms with Crippen molar-refractivity contribution in [3.63, 3.8) is 0 Å². The SMILES string of the molecule is CO[C@@H]1CO[C@@H](OCC[C@@H](CC[C@@H](C)[C@H]2[C@@H](O)[C@@H](O)C3[C@]4(O)C[C@H](OS(=O)(=O)O)C5[C@@H](O)[C@@H](O)CC[C@]5(C)C4CC[C@@]32C)C(C)C)[C@H](O)[C@H]1O. The van der Waals surface area contributed by atoms with Crippen molar-refractivity contribution in [3.05, 3.63) is 0 Å². The van der Waals surface area contributed by atoms with E-state index in [1.165, 1.54) is 7.11 Å². The molecule has 1 aliphatic heterocycles. The molecule has 0 bridgehead atoms. The van der Waals surface area contributed by atoms with Crippen LogP contribution in [0.5, 0.6) is 0 Å². The molecule has 50 heavy (non-hydrogen) atoms. The summed E-state index contributed by atoms with van der Waals surface area (Å²) in [6.07, 6.45) is -6.63. The van der Waals surface area contributed by atoms with Gasteiger partial charge in [0.2, 0.25) is 0 Å². The van der Waals surface area contributed by atoms with Crippen LogP contribution in [-0.2, 0) is 28.8 Å². The molecule has 0 spiro atoms. The number of methoxy groups -OCH3 is 1. The highest BCUT2D eigenvalue weighted by Gasteiger charge is 2.74. The lowest BCUT2D eigenvalue weighted by Crippen LogP contribution is -2.71. The molecule has 1 heterocycles. The highest BCUT2D eigenvalue weighted by molar-refractivity contribution is 7.80. The van der Waals surface area contributed by atoms with Gasteiger partial charge in [0.1, 0.15) is 18.3 Å². The zero-order chi connectivity index (χ0) is 37.1. The van der Waals surface area contributed by atoms with Gasteiger partial charge in [-0.1, -0.05) is 41.0 Å². The monoisotopic (exact) mass is 738 g/mol. The third-order valence-electron chi connectivity index (χ3n) is 14.2. The minimum Gasteiger partial charge on any atom is -0.390 e. The molecule has 0 aromatic heterocycles. The van der Waals surface area contributed by atoms with Crippen molar-refractivity contribution < 1.29 is 67.1 Å². The molecule has 14 nitrogen and oxygen atoms in total. The lowest BCUT2D eigenvalue weighted by molar-refractivity contribution is -0.277. The average molecular weight is 739 g/mol. The Morgan fingerprint density at radius 1 is 0.840 bits per heavy atom. The van der Waals surface area contributed by atoms with Crippen molar-refractivity contribution in [2.45, 2.75) is 147 Å². The highest BCUT2D eigenvalue weighted by atomic mass is 32.3. The molecule has 0 aromatic carbocycles. The van der Waals surface area contributed by atoms with E-state index >= 15 is 0 Å². The highest BCUT2D eigenvalue weighted by Crippen LogP contribution is 2.70. The van der Waals surface area contributed by atoms with Gasteiger partial charge in [-0.3, -0.25) is 4.55 Å². The van der Waals surface area contributed by atoms with Crippen molar-refractivity contribution in [2.24, 2.45) is 52.3 Å². The van der Waals surface area contributed by atoms with Gasteiger partial charge in [-0.15, -0.1) is 0 Å². The van der Waals surface area contributed by atoms with Crippen molar-refractivity contribution in [1.29, 1.82) is 0 Å². The topological polar surface area (TPSA) is 233 Å². The van der Waals surface area contributed by atoms with Crippen LogP contribution in [-0.4, -0.2) is 130 Å². The molecule has 0 aromatic rings. The molecule has 0 amide bonds. The number of aliphatic hydroxyl groups is 7. The maximum absolute atomic E-state index is 12.8. The van der Waals surface area contributed by atoms with Gasteiger partial charge < -0.3 is 50.0 Å². The summed E-state index contributed by atoms with van der Waals surface area (Å²) >= 11 is 0. The van der Waals surface area contributed by atoms with Gasteiger partial charge in [0, 0.05) is 25.4 Å². The van der Waals surface area contributed by atoms with E-state index in [2.05, 4.69) is 20.8 Å². The second kappa shape index (κ2) is 15.0. The molecule has 1 saturated heterocycles. The second-order valence-electron chi connectivity index (χ2n) is 17.1. The molecule has 5 rings (SSSR count). The first-order valence-electron chi connectivity index (χ1n) is 18.4. The summed E-state index contributed by atoms with van der Waals surface area (Å²) in [5.41, 5.74) is -3.30. The molecule has 5 aliphatic rings. The first-order valence-corrected chi connectivity index (χ1v) is 19.8. The molecular formula is C35H62O14S. The molecule has 8 N–H and O–H groups in total. The summed E-state index contributed by atoms with van der Waals surface area (Å²) < 4.78 is 55.5. The maximum atomic E-state index is 12.8. The van der Waals surface area contributed by atoms with Gasteiger partial charge in [0.25, 0.3) is 0 Å². The summed E-state index contributed by atoms with van der Waals surface area (Å²) in [4.78, 5) is 0. The minimum atomic E-state index is -5.00. The predicted molar refractivity (Wildman–Crippen MR) is 179 cm³/mol. The Balaban J connectivity index is 1.31. The van der Waals surface area contributed by atoms with Gasteiger partial charge in [0.05, 0.1) is 49.3 Å². The molecule has 292 valence electrons. The standard InChI is InChI=1S/C35H62O14S/c1-17(2)19(11-14-47-32-30(41)27(38)22(46-6)16-48-32)8-7-18(3)24-28(39)29(40)31-34(24,5)13-10-23-33(4)12-9-20(36)26(37)25(33)21(15-35(23,31)42)49-50(43,44)45/h17-32,36-42H,7-16H2,1-6H3,(H,43,44,45)/t18-,19-,20+,21+,22-,23?,24+,25?,26+,27+,28-,29-,30-,31?,32-,33-,34-,35+/m1/s1. The van der Waals surface area contributed by atoms with Crippen LogP contribution >= 0.6 is 0 Å². The summed E-state index contributed by atoms with van der Waals surface area (Å²) in [5, 5.41) is 78.6. The Morgan fingerprint density at radius 2 is 1.50 bits per heavy atom. The number of rotatable bonds is 12. The van der Waals surface area contributed by atoms with E-state index < -0.39 is 99.7 Å². The normalized spacial score (nSPS) is 49.2. The van der Waals surface area contributed by atoms with Crippen LogP contribution in [0.15, 0.2) is 0 Å². The van der Waals surface area contributed by atoms with Crippen LogP contribution in [0.1, 0.15) is 86.0 Å². The minimum absolute atomic E-state index is 0.0648. The number of fused-ring (bicyclic) bond motifs is 5. The van der Waals surface area contributed by atoms with Crippen LogP contribution in [0.4, 0.5) is 0 Å². The predicted octanol–water partition coefficient (Wildman–Crippen LogP) is 1.02. The zero-order valence-electron chi connectivity index (χ0n) is 30.2. The molecule has 5 fully saturated rings. The van der Waals surface area contributed by atoms with E-state index in [1.807, 2.05) is 13.8 Å². The summed E-state index contributed by atoms with van der Waals surface area (Å²) in [6.45, 7) is 10.6. The Hall–Kier alpha value is -0.530. The Kier molecular flexibility index (Phi) is 12.2. The van der Waals surface area contributed by atoms with Gasteiger partial charge in [-0.05, 0) is 78.9 Å². The molecule has 18 atom stereocenters. The van der Waals surface area contributed by atoms with Crippen LogP contribution in [0, 0.1) is 52.3 Å². The van der Waals surface area contributed by atoms with Crippen LogP contribution in [0.25, 0.3) is 0 Å². The van der Waals surface area contributed by atoms with E-state index in [-0.39, 0.29) is 37.2 Å². The Labute approximate surface area is 296 Å². The van der Waals surface area contributed by atoms with E-state index in [0.717, 1.165) is 12.8 Å². The number of hydrogen-bond acceptors (Lipinski definition) is 13. The quantitative estimate of drug-likeness (QED) is 0.131. The summed E-state index contributed by atoms with van der Waals surface area (Å²) in [7, 11) is -3.56. The fourth-order valence-electron chi connectivity index (χ4n) is 11.8. The maximum Gasteiger partial charge on any atom is 0.397 e. The van der Waals surface area contributed by atoms with Crippen LogP contribution < -0.4 is 0 Å². The molecular weight excluding hydrogens is 676 g/mol. The largest absolute Gasteiger partial charge is 0.397 e. The van der Waals surface area contributed by atoms with Gasteiger partial charge >= 0.3 is 10.4 Å². The second-order valence-corrected chi connectivity index (χ2v) is 18.2. The molecule has 4 aliphatic carbocycles. The lowest BCUT2D eigenvalue weighted by Gasteiger charge is -2.66. The number of aliphatic hydroxyl groups excluding tert-OH is 6. The van der Waals surface area contributed by atoms with Gasteiger partial charge in [0.15, 0.2) is 6.29 Å². The average Bonchev–Trinajstić information content (AvgIpc) is 3.22. The van der Waals surface area contributed by atoms with E-state index in [9.17, 15) is 48.7 Å². The van der Waals surface area contributed by atoms with E-state index in [4.69, 9.17) is 18.4 Å². The molecule has 3 unspecified atom stereocenters. The van der Waals surface area contributed by atoms with Crippen LogP contribution in [0.3, 0.4) is 0 Å². The third-order valence-corrected chi connectivity index (χ3v) is 14.7. The van der Waals surface area contributed by atoms with Gasteiger partial charge in [-0.2, -0.15) is 8.42 Å². The van der Waals surface area contributed by atoms with Crippen molar-refractivity contribution in [3.8, 4) is 0 Å². The third kappa shape index (κ3) is 7.18. The molecule has 4 saturated carbocycles. The van der Waals surface area contributed by atoms with E-state index in [1.54, 1.807) is 0 Å². The van der Waals surface area contributed by atoms with Gasteiger partial charge in [-0.25, -0.2) is 4.18 Å². The molecule has 0 radical (unpaired) electrons. The fraction of sp³-hybridized carbons (Fsp3) is 1.00. The zero-order valence-corrected chi connectivity index (χ0v) is 31.1. The fourth-order valence-corrected chi connectivity index (χ4v) is 12.3. The summed E-state index contributed by atoms with van der Waals surface area (Å²) in [6, 6.07) is 0. The lowest BCUT2D eigenvalue weighted by atomic mass is 9.41. The first kappa shape index (κ1) is 40.7. The number of ether oxygens (including phenoxy) is 3. The molecule has 15 heteroatoms. The number of hydrogen-bond donors (Lipinski definition) is 8. The Bertz CT molecular complexity index is 1270. The first-order chi connectivity index (χ1) is 23.2. The van der Waals surface area contributed by atoms with Crippen molar-refractivity contribution in [2.75, 3.05) is 20.3 Å². The summed E-state index contributed by atoms with van der Waals surface area (Å²) in [5.74, 6) is -2.15. The Morgan fingerprint density at radius 3 is 2.12 bits per heavy atom. The van der Waals surface area contributed by atoms with Crippen molar-refractivity contribution >= 4 is 10.4 Å². The van der Waals surface area contributed by atoms with E-state index in [0.29, 0.717) is 38.2 Å². The van der Waals surface area contributed by atoms with Crippen LogP contribution in [0.2, 0.25) is 0 Å².